The summed E-state index contributed by atoms with van der Waals surface area (Å²) < 4.78 is 47.1. The molecule has 24 heavy (non-hydrogen) atoms. The van der Waals surface area contributed by atoms with Crippen LogP contribution in [0.5, 0.6) is 11.5 Å². The molecule has 0 amide bonds. The number of rotatable bonds is 7. The van der Waals surface area contributed by atoms with Crippen LogP contribution in [-0.4, -0.2) is 44.6 Å². The van der Waals surface area contributed by atoms with Crippen molar-refractivity contribution in [1.29, 1.82) is 0 Å². The first kappa shape index (κ1) is 18.9. The average molecular weight is 346 g/mol. The van der Waals surface area contributed by atoms with Gasteiger partial charge in [-0.05, 0) is 24.6 Å². The van der Waals surface area contributed by atoms with Crippen LogP contribution in [0.1, 0.15) is 37.8 Å². The van der Waals surface area contributed by atoms with Crippen LogP contribution in [0, 0.1) is 0 Å². The molecule has 1 aromatic rings. The fourth-order valence-electron chi connectivity index (χ4n) is 3.10. The molecular weight excluding hydrogens is 321 g/mol. The zero-order valence-corrected chi connectivity index (χ0v) is 14.2. The maximum absolute atomic E-state index is 12.5. The molecule has 0 bridgehead atoms. The number of nitrogens with one attached hydrogen (secondary N) is 1. The summed E-state index contributed by atoms with van der Waals surface area (Å²) in [6, 6.07) is 4.34. The van der Waals surface area contributed by atoms with Crippen LogP contribution in [0.25, 0.3) is 0 Å². The fourth-order valence-corrected chi connectivity index (χ4v) is 3.10. The average Bonchev–Trinajstić information content (AvgIpc) is 2.55. The third kappa shape index (κ3) is 5.27. The number of hydrogen-bond acceptors (Lipinski definition) is 4. The Morgan fingerprint density at radius 2 is 1.96 bits per heavy atom. The molecule has 1 saturated heterocycles. The second kappa shape index (κ2) is 8.58. The van der Waals surface area contributed by atoms with Gasteiger partial charge in [0.15, 0.2) is 0 Å². The van der Waals surface area contributed by atoms with E-state index in [9.17, 15) is 13.2 Å². The monoisotopic (exact) mass is 346 g/mol. The highest BCUT2D eigenvalue weighted by Crippen LogP contribution is 2.37. The van der Waals surface area contributed by atoms with Gasteiger partial charge in [-0.1, -0.05) is 19.8 Å². The van der Waals surface area contributed by atoms with E-state index >= 15 is 0 Å². The minimum Gasteiger partial charge on any atom is -0.496 e. The van der Waals surface area contributed by atoms with Crippen molar-refractivity contribution >= 4 is 0 Å². The molecule has 4 nitrogen and oxygen atoms in total. The standard InChI is InChI=1S/C17H25F3N2O2/c1-3-4-5-15(22-10-8-21-9-11-22)14-12-13(24-17(18,19)20)6-7-16(14)23-2/h6-7,12,15,21H,3-5,8-11H2,1-2H3/t15-/m0/s1. The lowest BCUT2D eigenvalue weighted by Crippen LogP contribution is -2.45. The number of nitrogens with zero attached hydrogens (tertiary/aromatic N) is 1. The van der Waals surface area contributed by atoms with Crippen LogP contribution in [0.15, 0.2) is 18.2 Å². The van der Waals surface area contributed by atoms with E-state index in [2.05, 4.69) is 21.9 Å². The van der Waals surface area contributed by atoms with E-state index in [4.69, 9.17) is 4.74 Å². The number of unbranched alkanes of at least 4 members (excludes halogenated alkanes) is 1. The second-order valence-corrected chi connectivity index (χ2v) is 5.90. The summed E-state index contributed by atoms with van der Waals surface area (Å²) in [7, 11) is 1.54. The van der Waals surface area contributed by atoms with Crippen molar-refractivity contribution in [2.45, 2.75) is 38.6 Å². The molecule has 2 rings (SSSR count). The molecule has 7 heteroatoms. The number of hydrogen-bond donors (Lipinski definition) is 1. The Labute approximate surface area is 140 Å². The van der Waals surface area contributed by atoms with Crippen molar-refractivity contribution in [2.24, 2.45) is 0 Å². The highest BCUT2D eigenvalue weighted by Gasteiger charge is 2.32. The summed E-state index contributed by atoms with van der Waals surface area (Å²) in [5, 5.41) is 3.30. The predicted molar refractivity (Wildman–Crippen MR) is 86.4 cm³/mol. The van der Waals surface area contributed by atoms with Crippen LogP contribution in [-0.2, 0) is 0 Å². The summed E-state index contributed by atoms with van der Waals surface area (Å²) in [6.45, 7) is 5.59. The lowest BCUT2D eigenvalue weighted by molar-refractivity contribution is -0.274. The van der Waals surface area contributed by atoms with E-state index in [1.807, 2.05) is 0 Å². The maximum atomic E-state index is 12.5. The number of methoxy groups -OCH3 is 1. The van der Waals surface area contributed by atoms with Crippen LogP contribution < -0.4 is 14.8 Å². The van der Waals surface area contributed by atoms with Crippen LogP contribution in [0.3, 0.4) is 0 Å². The summed E-state index contributed by atoms with van der Waals surface area (Å²) >= 11 is 0. The quantitative estimate of drug-likeness (QED) is 0.816. The van der Waals surface area contributed by atoms with Crippen molar-refractivity contribution in [3.05, 3.63) is 23.8 Å². The molecule has 0 unspecified atom stereocenters. The van der Waals surface area contributed by atoms with Crippen molar-refractivity contribution in [3.63, 3.8) is 0 Å². The van der Waals surface area contributed by atoms with Crippen LogP contribution in [0.4, 0.5) is 13.2 Å². The number of alkyl halides is 3. The predicted octanol–water partition coefficient (Wildman–Crippen LogP) is 3.73. The van der Waals surface area contributed by atoms with Gasteiger partial charge in [0.25, 0.3) is 0 Å². The second-order valence-electron chi connectivity index (χ2n) is 5.90. The Morgan fingerprint density at radius 3 is 2.54 bits per heavy atom. The van der Waals surface area contributed by atoms with E-state index in [0.717, 1.165) is 51.0 Å². The maximum Gasteiger partial charge on any atom is 0.573 e. The van der Waals surface area contributed by atoms with Crippen molar-refractivity contribution < 1.29 is 22.6 Å². The molecule has 1 N–H and O–H groups in total. The van der Waals surface area contributed by atoms with Gasteiger partial charge >= 0.3 is 6.36 Å². The number of benzene rings is 1. The third-order valence-electron chi connectivity index (χ3n) is 4.22. The lowest BCUT2D eigenvalue weighted by atomic mass is 9.97. The highest BCUT2D eigenvalue weighted by molar-refractivity contribution is 5.42. The molecule has 1 heterocycles. The first-order chi connectivity index (χ1) is 11.4. The van der Waals surface area contributed by atoms with Crippen LogP contribution in [0.2, 0.25) is 0 Å². The Hall–Kier alpha value is -1.47. The van der Waals surface area contributed by atoms with Gasteiger partial charge in [-0.15, -0.1) is 13.2 Å². The topological polar surface area (TPSA) is 33.7 Å². The van der Waals surface area contributed by atoms with Crippen LogP contribution >= 0.6 is 0 Å². The summed E-state index contributed by atoms with van der Waals surface area (Å²) in [6.07, 6.45) is -1.78. The van der Waals surface area contributed by atoms with Crippen molar-refractivity contribution in [1.82, 2.24) is 10.2 Å². The Bertz CT molecular complexity index is 517. The number of halogens is 3. The minimum absolute atomic E-state index is 0.0267. The molecule has 136 valence electrons. The number of piperazine rings is 1. The molecule has 0 aliphatic carbocycles. The van der Waals surface area contributed by atoms with Gasteiger partial charge in [-0.2, -0.15) is 0 Å². The van der Waals surface area contributed by atoms with Gasteiger partial charge in [-0.25, -0.2) is 0 Å². The van der Waals surface area contributed by atoms with Crippen molar-refractivity contribution in [2.75, 3.05) is 33.3 Å². The van der Waals surface area contributed by atoms with Gasteiger partial charge in [0.1, 0.15) is 11.5 Å². The van der Waals surface area contributed by atoms with E-state index in [1.54, 1.807) is 6.07 Å². The molecule has 0 radical (unpaired) electrons. The molecule has 0 spiro atoms. The molecule has 1 fully saturated rings. The molecule has 1 aliphatic heterocycles. The van der Waals surface area contributed by atoms with Gasteiger partial charge < -0.3 is 14.8 Å². The molecule has 1 aromatic carbocycles. The fraction of sp³-hybridized carbons (Fsp3) is 0.647. The Kier molecular flexibility index (Phi) is 6.74. The van der Waals surface area contributed by atoms with E-state index < -0.39 is 6.36 Å². The third-order valence-corrected chi connectivity index (χ3v) is 4.22. The smallest absolute Gasteiger partial charge is 0.496 e. The van der Waals surface area contributed by atoms with Gasteiger partial charge in [0.2, 0.25) is 0 Å². The zero-order chi connectivity index (χ0) is 17.6. The van der Waals surface area contributed by atoms with E-state index in [-0.39, 0.29) is 11.8 Å². The minimum atomic E-state index is -4.69. The molecule has 0 saturated carbocycles. The first-order valence-corrected chi connectivity index (χ1v) is 8.33. The molecule has 1 aliphatic rings. The van der Waals surface area contributed by atoms with Gasteiger partial charge in [-0.3, -0.25) is 4.90 Å². The first-order valence-electron chi connectivity index (χ1n) is 8.33. The SMILES string of the molecule is CCCC[C@@H](c1cc(OC(F)(F)F)ccc1OC)N1CCNCC1. The van der Waals surface area contributed by atoms with Crippen molar-refractivity contribution in [3.8, 4) is 11.5 Å². The number of ether oxygens (including phenoxy) is 2. The van der Waals surface area contributed by atoms with E-state index in [0.29, 0.717) is 5.75 Å². The van der Waals surface area contributed by atoms with Gasteiger partial charge in [0.05, 0.1) is 7.11 Å². The normalized spacial score (nSPS) is 17.5. The molecule has 0 aromatic heterocycles. The summed E-state index contributed by atoms with van der Waals surface area (Å²) in [5.74, 6) is 0.402. The lowest BCUT2D eigenvalue weighted by Gasteiger charge is -2.36. The largest absolute Gasteiger partial charge is 0.573 e. The summed E-state index contributed by atoms with van der Waals surface area (Å²) in [5.41, 5.74) is 0.759. The Morgan fingerprint density at radius 1 is 1.25 bits per heavy atom. The molecular formula is C17H25F3N2O2. The van der Waals surface area contributed by atoms with Gasteiger partial charge in [0, 0.05) is 37.8 Å². The zero-order valence-electron chi connectivity index (χ0n) is 14.2. The Balaban J connectivity index is 2.32. The summed E-state index contributed by atoms with van der Waals surface area (Å²) in [4.78, 5) is 2.31. The van der Waals surface area contributed by atoms with E-state index in [1.165, 1.54) is 19.2 Å². The molecule has 1 atom stereocenters. The highest BCUT2D eigenvalue weighted by atomic mass is 19.4.